The van der Waals surface area contributed by atoms with Gasteiger partial charge in [-0.3, -0.25) is 4.79 Å². The van der Waals surface area contributed by atoms with E-state index in [-0.39, 0.29) is 23.5 Å². The first-order valence-corrected chi connectivity index (χ1v) is 9.73. The monoisotopic (exact) mass is 383 g/mol. The number of likely N-dealkylation sites (tertiary alicyclic amines) is 1. The standard InChI is InChI=1S/C22H26FN3O2/c23-19-10-4-5-11-20(19)25-22(28)26-14-6-9-18(16-26)15-24-21(27)13-12-17-7-2-1-3-8-17/h1-5,7-8,10-11,18H,6,9,12-16H2,(H,24,27)(H,25,28)/t18-/m1/s1. The van der Waals surface area contributed by atoms with E-state index in [1.165, 1.54) is 6.07 Å². The van der Waals surface area contributed by atoms with Gasteiger partial charge in [0.25, 0.3) is 0 Å². The normalized spacial score (nSPS) is 16.5. The summed E-state index contributed by atoms with van der Waals surface area (Å²) in [6.07, 6.45) is 3.00. The number of carbonyl (C=O) groups is 2. The fourth-order valence-corrected chi connectivity index (χ4v) is 3.42. The molecule has 2 N–H and O–H groups in total. The van der Waals surface area contributed by atoms with Crippen molar-refractivity contribution in [3.63, 3.8) is 0 Å². The number of carbonyl (C=O) groups excluding carboxylic acids is 2. The van der Waals surface area contributed by atoms with Gasteiger partial charge in [0.2, 0.25) is 5.91 Å². The Kier molecular flexibility index (Phi) is 7.00. The number of amides is 3. The summed E-state index contributed by atoms with van der Waals surface area (Å²) in [5.74, 6) is -0.215. The average molecular weight is 383 g/mol. The summed E-state index contributed by atoms with van der Waals surface area (Å²) in [4.78, 5) is 26.2. The molecule has 0 aliphatic carbocycles. The van der Waals surface area contributed by atoms with Gasteiger partial charge >= 0.3 is 6.03 Å². The molecule has 0 unspecified atom stereocenters. The molecule has 148 valence electrons. The van der Waals surface area contributed by atoms with Crippen LogP contribution < -0.4 is 10.6 Å². The molecule has 3 rings (SSSR count). The van der Waals surface area contributed by atoms with Gasteiger partial charge in [0.15, 0.2) is 0 Å². The number of rotatable bonds is 6. The number of nitrogens with zero attached hydrogens (tertiary/aromatic N) is 1. The zero-order valence-electron chi connectivity index (χ0n) is 15.9. The lowest BCUT2D eigenvalue weighted by atomic mass is 9.98. The van der Waals surface area contributed by atoms with Crippen LogP contribution in [0.15, 0.2) is 54.6 Å². The average Bonchev–Trinajstić information content (AvgIpc) is 2.73. The van der Waals surface area contributed by atoms with Crippen LogP contribution in [0.25, 0.3) is 0 Å². The van der Waals surface area contributed by atoms with Crippen molar-refractivity contribution in [1.29, 1.82) is 0 Å². The Morgan fingerprint density at radius 2 is 1.82 bits per heavy atom. The fraction of sp³-hybridized carbons (Fsp3) is 0.364. The van der Waals surface area contributed by atoms with E-state index in [1.807, 2.05) is 30.3 Å². The van der Waals surface area contributed by atoms with Crippen molar-refractivity contribution in [3.8, 4) is 0 Å². The van der Waals surface area contributed by atoms with E-state index in [2.05, 4.69) is 10.6 Å². The highest BCUT2D eigenvalue weighted by molar-refractivity contribution is 5.89. The van der Waals surface area contributed by atoms with Crippen molar-refractivity contribution < 1.29 is 14.0 Å². The van der Waals surface area contributed by atoms with E-state index in [4.69, 9.17) is 0 Å². The SMILES string of the molecule is O=C(CCc1ccccc1)NC[C@H]1CCCN(C(=O)Nc2ccccc2F)C1. The zero-order chi connectivity index (χ0) is 19.8. The molecule has 2 aromatic rings. The van der Waals surface area contributed by atoms with Crippen molar-refractivity contribution >= 4 is 17.6 Å². The predicted octanol–water partition coefficient (Wildman–Crippen LogP) is 3.82. The van der Waals surface area contributed by atoms with E-state index in [0.717, 1.165) is 18.4 Å². The maximum Gasteiger partial charge on any atom is 0.321 e. The van der Waals surface area contributed by atoms with E-state index < -0.39 is 5.82 Å². The van der Waals surface area contributed by atoms with Crippen LogP contribution in [-0.2, 0) is 11.2 Å². The van der Waals surface area contributed by atoms with Gasteiger partial charge in [-0.05, 0) is 42.9 Å². The molecule has 1 heterocycles. The molecule has 5 nitrogen and oxygen atoms in total. The van der Waals surface area contributed by atoms with Crippen LogP contribution in [0.3, 0.4) is 0 Å². The van der Waals surface area contributed by atoms with Crippen molar-refractivity contribution in [2.75, 3.05) is 25.0 Å². The smallest absolute Gasteiger partial charge is 0.321 e. The number of anilines is 1. The number of benzene rings is 2. The molecule has 1 fully saturated rings. The number of halogens is 1. The van der Waals surface area contributed by atoms with Crippen molar-refractivity contribution in [3.05, 3.63) is 66.0 Å². The zero-order valence-corrected chi connectivity index (χ0v) is 15.9. The van der Waals surface area contributed by atoms with Gasteiger partial charge in [0, 0.05) is 26.1 Å². The van der Waals surface area contributed by atoms with Gasteiger partial charge in [-0.2, -0.15) is 0 Å². The summed E-state index contributed by atoms with van der Waals surface area (Å²) < 4.78 is 13.7. The maximum atomic E-state index is 13.7. The van der Waals surface area contributed by atoms with E-state index in [1.54, 1.807) is 23.1 Å². The highest BCUT2D eigenvalue weighted by atomic mass is 19.1. The first-order chi connectivity index (χ1) is 13.6. The minimum Gasteiger partial charge on any atom is -0.356 e. The van der Waals surface area contributed by atoms with E-state index >= 15 is 0 Å². The predicted molar refractivity (Wildman–Crippen MR) is 107 cm³/mol. The Labute approximate surface area is 164 Å². The third-order valence-corrected chi connectivity index (χ3v) is 4.99. The first kappa shape index (κ1) is 19.9. The number of hydrogen-bond acceptors (Lipinski definition) is 2. The molecule has 6 heteroatoms. The summed E-state index contributed by atoms with van der Waals surface area (Å²) in [6, 6.07) is 15.8. The summed E-state index contributed by atoms with van der Waals surface area (Å²) in [6.45, 7) is 1.75. The van der Waals surface area contributed by atoms with Crippen LogP contribution in [0.1, 0.15) is 24.8 Å². The van der Waals surface area contributed by atoms with Crippen LogP contribution in [0.4, 0.5) is 14.9 Å². The highest BCUT2D eigenvalue weighted by Crippen LogP contribution is 2.18. The quantitative estimate of drug-likeness (QED) is 0.797. The Balaban J connectivity index is 1.42. The van der Waals surface area contributed by atoms with Crippen molar-refractivity contribution in [2.45, 2.75) is 25.7 Å². The molecule has 0 saturated carbocycles. The first-order valence-electron chi connectivity index (χ1n) is 9.73. The lowest BCUT2D eigenvalue weighted by molar-refractivity contribution is -0.121. The number of urea groups is 1. The molecular formula is C22H26FN3O2. The Morgan fingerprint density at radius 1 is 1.07 bits per heavy atom. The van der Waals surface area contributed by atoms with Gasteiger partial charge in [-0.15, -0.1) is 0 Å². The number of hydrogen-bond donors (Lipinski definition) is 2. The van der Waals surface area contributed by atoms with Crippen LogP contribution in [0.5, 0.6) is 0 Å². The molecule has 0 bridgehead atoms. The number of nitrogens with one attached hydrogen (secondary N) is 2. The maximum absolute atomic E-state index is 13.7. The number of para-hydroxylation sites is 1. The largest absolute Gasteiger partial charge is 0.356 e. The second-order valence-electron chi connectivity index (χ2n) is 7.15. The molecular weight excluding hydrogens is 357 g/mol. The van der Waals surface area contributed by atoms with E-state index in [9.17, 15) is 14.0 Å². The number of piperidine rings is 1. The molecule has 2 aromatic carbocycles. The lowest BCUT2D eigenvalue weighted by Crippen LogP contribution is -2.45. The van der Waals surface area contributed by atoms with Gasteiger partial charge < -0.3 is 15.5 Å². The summed E-state index contributed by atoms with van der Waals surface area (Å²) >= 11 is 0. The fourth-order valence-electron chi connectivity index (χ4n) is 3.42. The van der Waals surface area contributed by atoms with Crippen LogP contribution in [0, 0.1) is 11.7 Å². The second kappa shape index (κ2) is 9.88. The minimum atomic E-state index is -0.449. The number of aryl methyl sites for hydroxylation is 1. The van der Waals surface area contributed by atoms with Crippen molar-refractivity contribution in [1.82, 2.24) is 10.2 Å². The second-order valence-corrected chi connectivity index (χ2v) is 7.15. The lowest BCUT2D eigenvalue weighted by Gasteiger charge is -2.33. The molecule has 28 heavy (non-hydrogen) atoms. The van der Waals surface area contributed by atoms with E-state index in [0.29, 0.717) is 32.5 Å². The molecule has 0 aromatic heterocycles. The summed E-state index contributed by atoms with van der Waals surface area (Å²) in [5, 5.41) is 5.61. The molecule has 0 spiro atoms. The Morgan fingerprint density at radius 3 is 2.61 bits per heavy atom. The van der Waals surface area contributed by atoms with Crippen LogP contribution in [0.2, 0.25) is 0 Å². The van der Waals surface area contributed by atoms with Crippen molar-refractivity contribution in [2.24, 2.45) is 5.92 Å². The minimum absolute atomic E-state index is 0.0248. The van der Waals surface area contributed by atoms with Gasteiger partial charge in [0.1, 0.15) is 5.82 Å². The Hall–Kier alpha value is -2.89. The third kappa shape index (κ3) is 5.81. The van der Waals surface area contributed by atoms with Crippen LogP contribution >= 0.6 is 0 Å². The highest BCUT2D eigenvalue weighted by Gasteiger charge is 2.24. The van der Waals surface area contributed by atoms with Gasteiger partial charge in [0.05, 0.1) is 5.69 Å². The van der Waals surface area contributed by atoms with Gasteiger partial charge in [-0.1, -0.05) is 42.5 Å². The van der Waals surface area contributed by atoms with Crippen LogP contribution in [-0.4, -0.2) is 36.5 Å². The molecule has 1 saturated heterocycles. The molecule has 3 amide bonds. The topological polar surface area (TPSA) is 61.4 Å². The molecule has 1 atom stereocenters. The summed E-state index contributed by atoms with van der Waals surface area (Å²) in [5.41, 5.74) is 1.33. The third-order valence-electron chi connectivity index (χ3n) is 4.99. The van der Waals surface area contributed by atoms with Gasteiger partial charge in [-0.25, -0.2) is 9.18 Å². The molecule has 1 aliphatic rings. The summed E-state index contributed by atoms with van der Waals surface area (Å²) in [7, 11) is 0. The molecule has 1 aliphatic heterocycles. The Bertz CT molecular complexity index is 797. The molecule has 0 radical (unpaired) electrons.